The van der Waals surface area contributed by atoms with Crippen LogP contribution in [0.4, 0.5) is 0 Å². The second kappa shape index (κ2) is 12.4. The number of carbonyl (C=O) groups is 1. The highest BCUT2D eigenvalue weighted by molar-refractivity contribution is 6.31. The largest absolute Gasteiger partial charge is 0.489 e. The molecule has 1 unspecified atom stereocenters. The number of para-hydroxylation sites is 1. The van der Waals surface area contributed by atoms with Crippen LogP contribution in [0.5, 0.6) is 5.75 Å². The molecule has 1 aromatic heterocycles. The van der Waals surface area contributed by atoms with Crippen molar-refractivity contribution in [3.63, 3.8) is 0 Å². The first-order valence-corrected chi connectivity index (χ1v) is 13.1. The summed E-state index contributed by atoms with van der Waals surface area (Å²) in [6, 6.07) is 26.8. The van der Waals surface area contributed by atoms with Gasteiger partial charge in [-0.15, -0.1) is 0 Å². The molecular weight excluding hydrogens is 512 g/mol. The Morgan fingerprint density at radius 2 is 1.97 bits per heavy atom. The van der Waals surface area contributed by atoms with Gasteiger partial charge in [0.25, 0.3) is 5.91 Å². The Balaban J connectivity index is 1.45. The summed E-state index contributed by atoms with van der Waals surface area (Å²) in [6.07, 6.45) is 5.24. The molecule has 1 N–H and O–H groups in total. The van der Waals surface area contributed by atoms with Crippen LogP contribution in [-0.2, 0) is 16.1 Å². The lowest BCUT2D eigenvalue weighted by Gasteiger charge is -2.10. The summed E-state index contributed by atoms with van der Waals surface area (Å²) >= 11 is 6.28. The zero-order chi connectivity index (χ0) is 27.0. The number of nitriles is 1. The van der Waals surface area contributed by atoms with Gasteiger partial charge < -0.3 is 14.8 Å². The summed E-state index contributed by atoms with van der Waals surface area (Å²) in [7, 11) is 0. The lowest BCUT2D eigenvalue weighted by molar-refractivity contribution is -0.117. The van der Waals surface area contributed by atoms with E-state index in [4.69, 9.17) is 26.2 Å². The molecule has 8 heteroatoms. The Hall–Kier alpha value is -4.38. The van der Waals surface area contributed by atoms with E-state index >= 15 is 0 Å². The first-order valence-electron chi connectivity index (χ1n) is 12.7. The molecule has 4 aromatic rings. The van der Waals surface area contributed by atoms with Crippen LogP contribution in [-0.4, -0.2) is 34.9 Å². The van der Waals surface area contributed by atoms with Gasteiger partial charge in [0.2, 0.25) is 0 Å². The van der Waals surface area contributed by atoms with Gasteiger partial charge in [0.15, 0.2) is 0 Å². The molecule has 0 aliphatic carbocycles. The number of hydrogen-bond donors (Lipinski definition) is 1. The molecule has 1 fully saturated rings. The van der Waals surface area contributed by atoms with Crippen molar-refractivity contribution < 1.29 is 14.3 Å². The first kappa shape index (κ1) is 26.2. The topological polar surface area (TPSA) is 89.2 Å². The molecule has 196 valence electrons. The van der Waals surface area contributed by atoms with E-state index in [2.05, 4.69) is 5.32 Å². The summed E-state index contributed by atoms with van der Waals surface area (Å²) in [5.74, 6) is 0.203. The van der Waals surface area contributed by atoms with Crippen molar-refractivity contribution in [3.8, 4) is 28.8 Å². The second-order valence-electron chi connectivity index (χ2n) is 9.14. The minimum absolute atomic E-state index is 0.00650. The maximum atomic E-state index is 12.8. The lowest BCUT2D eigenvalue weighted by atomic mass is 10.1. The number of amides is 1. The number of nitrogens with zero attached hydrogens (tertiary/aromatic N) is 3. The molecule has 0 radical (unpaired) electrons. The number of carbonyl (C=O) groups excluding carboxylic acids is 1. The number of rotatable bonds is 9. The summed E-state index contributed by atoms with van der Waals surface area (Å²) in [4.78, 5) is 12.8. The van der Waals surface area contributed by atoms with Crippen LogP contribution >= 0.6 is 11.6 Å². The number of hydrogen-bond acceptors (Lipinski definition) is 5. The lowest BCUT2D eigenvalue weighted by Crippen LogP contribution is -2.32. The van der Waals surface area contributed by atoms with Crippen LogP contribution in [0, 0.1) is 11.3 Å². The van der Waals surface area contributed by atoms with Crippen molar-refractivity contribution in [2.75, 3.05) is 13.2 Å². The van der Waals surface area contributed by atoms with Gasteiger partial charge in [-0.05, 0) is 49.2 Å². The van der Waals surface area contributed by atoms with Gasteiger partial charge in [0.1, 0.15) is 29.7 Å². The summed E-state index contributed by atoms with van der Waals surface area (Å²) in [6.45, 7) is 1.39. The van der Waals surface area contributed by atoms with Crippen LogP contribution in [0.2, 0.25) is 5.02 Å². The average Bonchev–Trinajstić information content (AvgIpc) is 3.65. The van der Waals surface area contributed by atoms with Gasteiger partial charge in [-0.1, -0.05) is 60.1 Å². The van der Waals surface area contributed by atoms with Gasteiger partial charge in [-0.25, -0.2) is 4.68 Å². The highest BCUT2D eigenvalue weighted by Crippen LogP contribution is 2.29. The van der Waals surface area contributed by atoms with E-state index in [1.807, 2.05) is 91.1 Å². The van der Waals surface area contributed by atoms with Crippen molar-refractivity contribution in [1.29, 1.82) is 5.26 Å². The van der Waals surface area contributed by atoms with Crippen LogP contribution in [0.15, 0.2) is 90.6 Å². The Bertz CT molecular complexity index is 1520. The van der Waals surface area contributed by atoms with Gasteiger partial charge in [0.05, 0.1) is 11.8 Å². The summed E-state index contributed by atoms with van der Waals surface area (Å²) in [5, 5.41) is 18.1. The Morgan fingerprint density at radius 3 is 2.74 bits per heavy atom. The van der Waals surface area contributed by atoms with Crippen molar-refractivity contribution in [1.82, 2.24) is 15.1 Å². The van der Waals surface area contributed by atoms with Crippen molar-refractivity contribution in [2.24, 2.45) is 0 Å². The molecule has 0 bridgehead atoms. The van der Waals surface area contributed by atoms with Crippen LogP contribution in [0.1, 0.15) is 24.0 Å². The number of aromatic nitrogens is 2. The number of benzene rings is 3. The SMILES string of the molecule is N#CC(=Cc1cn(-c2ccccc2)nc1-c1cccc(OCc2ccccc2Cl)c1)C(=O)NCC1CCCO1. The van der Waals surface area contributed by atoms with E-state index in [9.17, 15) is 10.1 Å². The highest BCUT2D eigenvalue weighted by atomic mass is 35.5. The molecule has 39 heavy (non-hydrogen) atoms. The number of nitrogens with one attached hydrogen (secondary N) is 1. The standard InChI is InChI=1S/C31H27ClN4O3/c32-29-14-5-4-8-23(29)21-39-27-12-6-9-22(17-27)30-25(20-36(35-30)26-10-2-1-3-11-26)16-24(18-33)31(37)34-19-28-13-7-15-38-28/h1-6,8-12,14,16-17,20,28H,7,13,15,19,21H2,(H,34,37). The predicted molar refractivity (Wildman–Crippen MR) is 150 cm³/mol. The Morgan fingerprint density at radius 1 is 1.15 bits per heavy atom. The maximum Gasteiger partial charge on any atom is 0.262 e. The normalized spacial score (nSPS) is 15.1. The van der Waals surface area contributed by atoms with Crippen molar-refractivity contribution in [2.45, 2.75) is 25.6 Å². The van der Waals surface area contributed by atoms with Crippen LogP contribution < -0.4 is 10.1 Å². The third-order valence-corrected chi connectivity index (χ3v) is 6.77. The molecule has 1 aliphatic rings. The molecular formula is C31H27ClN4O3. The molecule has 1 atom stereocenters. The maximum absolute atomic E-state index is 12.8. The van der Waals surface area contributed by atoms with E-state index in [1.54, 1.807) is 10.8 Å². The van der Waals surface area contributed by atoms with E-state index in [0.29, 0.717) is 41.8 Å². The number of halogens is 1. The molecule has 2 heterocycles. The zero-order valence-electron chi connectivity index (χ0n) is 21.2. The van der Waals surface area contributed by atoms with E-state index < -0.39 is 5.91 Å². The third-order valence-electron chi connectivity index (χ3n) is 6.40. The van der Waals surface area contributed by atoms with Crippen molar-refractivity contribution in [3.05, 3.63) is 107 Å². The Kier molecular flexibility index (Phi) is 8.37. The molecule has 1 saturated heterocycles. The molecule has 0 saturated carbocycles. The summed E-state index contributed by atoms with van der Waals surface area (Å²) in [5.41, 5.74) is 3.75. The van der Waals surface area contributed by atoms with E-state index in [0.717, 1.165) is 29.7 Å². The molecule has 1 aliphatic heterocycles. The predicted octanol–water partition coefficient (Wildman–Crippen LogP) is 5.97. The fourth-order valence-electron chi connectivity index (χ4n) is 4.35. The molecule has 5 rings (SSSR count). The van der Waals surface area contributed by atoms with Crippen molar-refractivity contribution >= 4 is 23.6 Å². The fourth-order valence-corrected chi connectivity index (χ4v) is 4.54. The van der Waals surface area contributed by atoms with Gasteiger partial charge in [-0.2, -0.15) is 10.4 Å². The fraction of sp³-hybridized carbons (Fsp3) is 0.194. The first-order chi connectivity index (χ1) is 19.1. The summed E-state index contributed by atoms with van der Waals surface area (Å²) < 4.78 is 13.3. The van der Waals surface area contributed by atoms with Crippen LogP contribution in [0.3, 0.4) is 0 Å². The van der Waals surface area contributed by atoms with E-state index in [1.165, 1.54) is 0 Å². The monoisotopic (exact) mass is 538 g/mol. The average molecular weight is 539 g/mol. The highest BCUT2D eigenvalue weighted by Gasteiger charge is 2.19. The second-order valence-corrected chi connectivity index (χ2v) is 9.54. The minimum atomic E-state index is -0.441. The zero-order valence-corrected chi connectivity index (χ0v) is 22.0. The molecule has 7 nitrogen and oxygen atoms in total. The van der Waals surface area contributed by atoms with Gasteiger partial charge in [-0.3, -0.25) is 4.79 Å². The molecule has 0 spiro atoms. The molecule has 3 aromatic carbocycles. The Labute approximate surface area is 232 Å². The third kappa shape index (κ3) is 6.55. The quantitative estimate of drug-likeness (QED) is 0.209. The van der Waals surface area contributed by atoms with E-state index in [-0.39, 0.29) is 11.7 Å². The van der Waals surface area contributed by atoms with Gasteiger partial charge >= 0.3 is 0 Å². The van der Waals surface area contributed by atoms with Crippen LogP contribution in [0.25, 0.3) is 23.0 Å². The minimum Gasteiger partial charge on any atom is -0.489 e. The number of ether oxygens (including phenoxy) is 2. The molecule has 1 amide bonds. The smallest absolute Gasteiger partial charge is 0.262 e. The van der Waals surface area contributed by atoms with Gasteiger partial charge in [0, 0.05) is 41.1 Å².